The molecule has 1 saturated carbocycles. The predicted octanol–water partition coefficient (Wildman–Crippen LogP) is 0.463. The van der Waals surface area contributed by atoms with Crippen LogP contribution in [-0.2, 0) is 19.1 Å². The van der Waals surface area contributed by atoms with Gasteiger partial charge >= 0.3 is 5.97 Å². The molecule has 2 fully saturated rings. The van der Waals surface area contributed by atoms with Crippen LogP contribution in [0.3, 0.4) is 0 Å². The number of hydrogen-bond acceptors (Lipinski definition) is 5. The molecule has 112 valence electrons. The Labute approximate surface area is 122 Å². The van der Waals surface area contributed by atoms with E-state index in [2.05, 4.69) is 4.74 Å². The molecule has 0 N–H and O–H groups in total. The Bertz CT molecular complexity index is 396. The van der Waals surface area contributed by atoms with Crippen LogP contribution in [0.2, 0.25) is 0 Å². The van der Waals surface area contributed by atoms with Crippen molar-refractivity contribution in [2.75, 3.05) is 31.8 Å². The van der Waals surface area contributed by atoms with Gasteiger partial charge in [-0.3, -0.25) is 14.4 Å². The Hall–Kier alpha value is -1.24. The molecule has 0 spiro atoms. The molecule has 1 heterocycles. The number of rotatable bonds is 5. The van der Waals surface area contributed by atoms with Crippen LogP contribution >= 0.6 is 11.8 Å². The summed E-state index contributed by atoms with van der Waals surface area (Å²) >= 11 is 1.51. The van der Waals surface area contributed by atoms with E-state index in [1.165, 1.54) is 18.9 Å². The van der Waals surface area contributed by atoms with Crippen LogP contribution in [0.15, 0.2) is 0 Å². The number of esters is 1. The second-order valence-corrected chi connectivity index (χ2v) is 6.06. The molecule has 1 aliphatic heterocycles. The number of ether oxygens (including phenoxy) is 1. The second kappa shape index (κ2) is 6.97. The van der Waals surface area contributed by atoms with Gasteiger partial charge in [-0.15, -0.1) is 11.8 Å². The zero-order valence-electron chi connectivity index (χ0n) is 11.7. The summed E-state index contributed by atoms with van der Waals surface area (Å²) in [5.74, 6) is 0.424. The third kappa shape index (κ3) is 3.65. The van der Waals surface area contributed by atoms with Gasteiger partial charge in [0, 0.05) is 6.04 Å². The molecule has 2 amide bonds. The lowest BCUT2D eigenvalue weighted by molar-refractivity contribution is -0.149. The van der Waals surface area contributed by atoms with Crippen LogP contribution in [0.5, 0.6) is 0 Å². The van der Waals surface area contributed by atoms with Crippen molar-refractivity contribution in [2.24, 2.45) is 0 Å². The second-order valence-electron chi connectivity index (χ2n) is 5.11. The summed E-state index contributed by atoms with van der Waals surface area (Å²) in [5.41, 5.74) is 0. The zero-order chi connectivity index (χ0) is 14.5. The number of thioether (sulfide) groups is 1. The lowest BCUT2D eigenvalue weighted by Gasteiger charge is -2.29. The Morgan fingerprint density at radius 3 is 2.65 bits per heavy atom. The van der Waals surface area contributed by atoms with Crippen LogP contribution in [-0.4, -0.2) is 65.5 Å². The molecular formula is C13H20N2O4S. The monoisotopic (exact) mass is 300 g/mol. The van der Waals surface area contributed by atoms with Gasteiger partial charge in [-0.2, -0.15) is 0 Å². The number of nitrogens with zero attached hydrogens (tertiary/aromatic N) is 2. The lowest BCUT2D eigenvalue weighted by Crippen LogP contribution is -2.47. The minimum absolute atomic E-state index is 0.00668. The molecule has 1 aliphatic carbocycles. The fourth-order valence-electron chi connectivity index (χ4n) is 2.63. The van der Waals surface area contributed by atoms with Crippen LogP contribution < -0.4 is 0 Å². The molecule has 7 heteroatoms. The van der Waals surface area contributed by atoms with Crippen molar-refractivity contribution in [3.05, 3.63) is 0 Å². The zero-order valence-corrected chi connectivity index (χ0v) is 12.5. The van der Waals surface area contributed by atoms with Crippen molar-refractivity contribution < 1.29 is 19.1 Å². The van der Waals surface area contributed by atoms with Gasteiger partial charge < -0.3 is 14.5 Å². The summed E-state index contributed by atoms with van der Waals surface area (Å²) in [6.45, 7) is 0.0501. The third-order valence-electron chi connectivity index (χ3n) is 3.76. The summed E-state index contributed by atoms with van der Waals surface area (Å²) in [6, 6.07) is 0.104. The SMILES string of the molecule is COC(=O)CN(C(=O)CN1CSCC1=O)C1CCCC1. The molecule has 0 aromatic carbocycles. The van der Waals surface area contributed by atoms with Crippen molar-refractivity contribution in [1.82, 2.24) is 9.80 Å². The van der Waals surface area contributed by atoms with Gasteiger partial charge in [-0.05, 0) is 12.8 Å². The van der Waals surface area contributed by atoms with Crippen LogP contribution in [0, 0.1) is 0 Å². The Morgan fingerprint density at radius 2 is 2.10 bits per heavy atom. The first-order valence-corrected chi connectivity index (χ1v) is 7.99. The van der Waals surface area contributed by atoms with Gasteiger partial charge in [-0.25, -0.2) is 0 Å². The first-order valence-electron chi connectivity index (χ1n) is 6.83. The van der Waals surface area contributed by atoms with Gasteiger partial charge in [0.25, 0.3) is 0 Å². The Morgan fingerprint density at radius 1 is 1.40 bits per heavy atom. The van der Waals surface area contributed by atoms with Crippen LogP contribution in [0.4, 0.5) is 0 Å². The molecule has 0 aromatic heterocycles. The number of methoxy groups -OCH3 is 1. The smallest absolute Gasteiger partial charge is 0.325 e. The number of hydrogen-bond donors (Lipinski definition) is 0. The summed E-state index contributed by atoms with van der Waals surface area (Å²) in [4.78, 5) is 38.6. The van der Waals surface area contributed by atoms with E-state index in [1.54, 1.807) is 9.80 Å². The molecule has 0 atom stereocenters. The van der Waals surface area contributed by atoms with Crippen molar-refractivity contribution in [3.63, 3.8) is 0 Å². The summed E-state index contributed by atoms with van der Waals surface area (Å²) in [6.07, 6.45) is 4.00. The van der Waals surface area contributed by atoms with Crippen LogP contribution in [0.25, 0.3) is 0 Å². The minimum Gasteiger partial charge on any atom is -0.468 e. The highest BCUT2D eigenvalue weighted by atomic mass is 32.2. The topological polar surface area (TPSA) is 66.9 Å². The normalized spacial score (nSPS) is 19.4. The fourth-order valence-corrected chi connectivity index (χ4v) is 3.54. The first-order chi connectivity index (χ1) is 9.61. The van der Waals surface area contributed by atoms with E-state index in [-0.39, 0.29) is 30.9 Å². The lowest BCUT2D eigenvalue weighted by atomic mass is 10.2. The average molecular weight is 300 g/mol. The van der Waals surface area contributed by atoms with Gasteiger partial charge in [-0.1, -0.05) is 12.8 Å². The van der Waals surface area contributed by atoms with Crippen LogP contribution in [0.1, 0.15) is 25.7 Å². The van der Waals surface area contributed by atoms with Gasteiger partial charge in [0.2, 0.25) is 11.8 Å². The van der Waals surface area contributed by atoms with E-state index in [0.717, 1.165) is 25.7 Å². The Balaban J connectivity index is 1.98. The summed E-state index contributed by atoms with van der Waals surface area (Å²) in [7, 11) is 1.32. The largest absolute Gasteiger partial charge is 0.468 e. The molecule has 1 saturated heterocycles. The highest BCUT2D eigenvalue weighted by Gasteiger charge is 2.31. The highest BCUT2D eigenvalue weighted by Crippen LogP contribution is 2.24. The fraction of sp³-hybridized carbons (Fsp3) is 0.769. The quantitative estimate of drug-likeness (QED) is 0.690. The average Bonchev–Trinajstić information content (AvgIpc) is 3.08. The van der Waals surface area contributed by atoms with Gasteiger partial charge in [0.1, 0.15) is 13.1 Å². The standard InChI is InChI=1S/C13H20N2O4S/c1-19-13(18)7-15(10-4-2-3-5-10)11(16)6-14-9-20-8-12(14)17/h10H,2-9H2,1H3. The van der Waals surface area contributed by atoms with E-state index in [9.17, 15) is 14.4 Å². The van der Waals surface area contributed by atoms with E-state index in [0.29, 0.717) is 11.6 Å². The van der Waals surface area contributed by atoms with E-state index >= 15 is 0 Å². The maximum Gasteiger partial charge on any atom is 0.325 e. The van der Waals surface area contributed by atoms with E-state index in [4.69, 9.17) is 0 Å². The predicted molar refractivity (Wildman–Crippen MR) is 75.0 cm³/mol. The van der Waals surface area contributed by atoms with Gasteiger partial charge in [0.05, 0.1) is 18.7 Å². The number of amides is 2. The van der Waals surface area contributed by atoms with Gasteiger partial charge in [0.15, 0.2) is 0 Å². The van der Waals surface area contributed by atoms with Crippen molar-refractivity contribution >= 4 is 29.5 Å². The van der Waals surface area contributed by atoms with E-state index < -0.39 is 5.97 Å². The molecule has 0 bridgehead atoms. The molecular weight excluding hydrogens is 280 g/mol. The number of carbonyl (C=O) groups is 3. The van der Waals surface area contributed by atoms with E-state index in [1.807, 2.05) is 0 Å². The van der Waals surface area contributed by atoms with Crippen molar-refractivity contribution in [3.8, 4) is 0 Å². The molecule has 0 unspecified atom stereocenters. The number of carbonyl (C=O) groups excluding carboxylic acids is 3. The molecule has 6 nitrogen and oxygen atoms in total. The third-order valence-corrected chi connectivity index (χ3v) is 4.71. The highest BCUT2D eigenvalue weighted by molar-refractivity contribution is 8.00. The van der Waals surface area contributed by atoms with Crippen molar-refractivity contribution in [2.45, 2.75) is 31.7 Å². The van der Waals surface area contributed by atoms with Crippen molar-refractivity contribution in [1.29, 1.82) is 0 Å². The maximum atomic E-state index is 12.4. The minimum atomic E-state index is -0.410. The molecule has 2 rings (SSSR count). The molecule has 20 heavy (non-hydrogen) atoms. The molecule has 0 radical (unpaired) electrons. The molecule has 2 aliphatic rings. The maximum absolute atomic E-state index is 12.4. The Kier molecular flexibility index (Phi) is 5.28. The molecule has 0 aromatic rings. The summed E-state index contributed by atoms with van der Waals surface area (Å²) in [5, 5.41) is 0. The first kappa shape index (κ1) is 15.2. The summed E-state index contributed by atoms with van der Waals surface area (Å²) < 4.78 is 4.66.